The van der Waals surface area contributed by atoms with Gasteiger partial charge < -0.3 is 16.0 Å². The lowest BCUT2D eigenvalue weighted by molar-refractivity contribution is 0.0954. The molecule has 0 aliphatic heterocycles. The van der Waals surface area contributed by atoms with Crippen molar-refractivity contribution in [3.8, 4) is 0 Å². The van der Waals surface area contributed by atoms with Crippen molar-refractivity contribution in [1.29, 1.82) is 0 Å². The van der Waals surface area contributed by atoms with Gasteiger partial charge in [0.1, 0.15) is 0 Å². The lowest BCUT2D eigenvalue weighted by Crippen LogP contribution is -2.43. The number of rotatable bonds is 9. The molecule has 1 heterocycles. The van der Waals surface area contributed by atoms with E-state index >= 15 is 0 Å². The van der Waals surface area contributed by atoms with E-state index in [2.05, 4.69) is 74.5 Å². The summed E-state index contributed by atoms with van der Waals surface area (Å²) in [6, 6.07) is 24.5. The summed E-state index contributed by atoms with van der Waals surface area (Å²) in [6.07, 6.45) is 4.14. The Morgan fingerprint density at radius 1 is 0.906 bits per heavy atom. The van der Waals surface area contributed by atoms with Gasteiger partial charge in [0.25, 0.3) is 5.91 Å². The highest BCUT2D eigenvalue weighted by molar-refractivity contribution is 14.0. The molecule has 0 fully saturated rings. The van der Waals surface area contributed by atoms with Crippen LogP contribution in [0.1, 0.15) is 27.4 Å². The first-order valence-corrected chi connectivity index (χ1v) is 10.5. The number of amides is 1. The lowest BCUT2D eigenvalue weighted by Gasteiger charge is -2.20. The van der Waals surface area contributed by atoms with Crippen molar-refractivity contribution >= 4 is 35.8 Å². The average molecular weight is 543 g/mol. The fourth-order valence-electron chi connectivity index (χ4n) is 3.33. The van der Waals surface area contributed by atoms with Crippen LogP contribution in [0.5, 0.6) is 0 Å². The van der Waals surface area contributed by atoms with Crippen LogP contribution in [0.4, 0.5) is 0 Å². The average Bonchev–Trinajstić information content (AvgIpc) is 2.84. The summed E-state index contributed by atoms with van der Waals surface area (Å²) in [5.74, 6) is 0.891. The molecular weight excluding hydrogens is 513 g/mol. The predicted octanol–water partition coefficient (Wildman–Crippen LogP) is 3.62. The molecular formula is C25H30IN5O. The van der Waals surface area contributed by atoms with Crippen molar-refractivity contribution in [2.75, 3.05) is 26.7 Å². The molecule has 0 radical (unpaired) electrons. The van der Waals surface area contributed by atoms with Crippen LogP contribution in [-0.2, 0) is 6.42 Å². The maximum absolute atomic E-state index is 12.1. The van der Waals surface area contributed by atoms with Crippen LogP contribution in [0, 0.1) is 0 Å². The molecule has 0 saturated carbocycles. The van der Waals surface area contributed by atoms with E-state index in [9.17, 15) is 4.79 Å². The Morgan fingerprint density at radius 3 is 2.25 bits per heavy atom. The standard InChI is InChI=1S/C25H29N5O.HI/c1-26-25(29-16-15-28-24(31)22-13-8-14-27-18-22)30-19-23(21-11-6-3-7-12-21)17-20-9-4-2-5-10-20;/h2-14,18,23H,15-17,19H2,1H3,(H,28,31)(H2,26,29,30);1H. The maximum Gasteiger partial charge on any atom is 0.252 e. The summed E-state index contributed by atoms with van der Waals surface area (Å²) >= 11 is 0. The number of carbonyl (C=O) groups excluding carboxylic acids is 1. The van der Waals surface area contributed by atoms with Crippen LogP contribution < -0.4 is 16.0 Å². The minimum absolute atomic E-state index is 0. The third-order valence-electron chi connectivity index (χ3n) is 4.96. The number of aromatic nitrogens is 1. The molecule has 3 aromatic rings. The normalized spacial score (nSPS) is 11.7. The zero-order valence-electron chi connectivity index (χ0n) is 18.2. The molecule has 0 aliphatic rings. The van der Waals surface area contributed by atoms with Crippen molar-refractivity contribution in [3.05, 3.63) is 102 Å². The van der Waals surface area contributed by atoms with Crippen molar-refractivity contribution in [2.24, 2.45) is 4.99 Å². The molecule has 0 spiro atoms. The Bertz CT molecular complexity index is 952. The number of carbonyl (C=O) groups is 1. The molecule has 168 valence electrons. The first kappa shape index (κ1) is 25.3. The van der Waals surface area contributed by atoms with Crippen LogP contribution in [0.3, 0.4) is 0 Å². The molecule has 0 bridgehead atoms. The number of guanidine groups is 1. The van der Waals surface area contributed by atoms with Gasteiger partial charge in [0.2, 0.25) is 0 Å². The molecule has 6 nitrogen and oxygen atoms in total. The highest BCUT2D eigenvalue weighted by Crippen LogP contribution is 2.20. The molecule has 32 heavy (non-hydrogen) atoms. The summed E-state index contributed by atoms with van der Waals surface area (Å²) in [6.45, 7) is 1.81. The highest BCUT2D eigenvalue weighted by Gasteiger charge is 2.13. The first-order chi connectivity index (χ1) is 15.3. The topological polar surface area (TPSA) is 78.4 Å². The Morgan fingerprint density at radius 2 is 1.59 bits per heavy atom. The second-order valence-electron chi connectivity index (χ2n) is 7.17. The van der Waals surface area contributed by atoms with E-state index in [0.29, 0.717) is 30.5 Å². The third kappa shape index (κ3) is 8.30. The molecule has 1 aromatic heterocycles. The van der Waals surface area contributed by atoms with E-state index in [0.717, 1.165) is 13.0 Å². The fourth-order valence-corrected chi connectivity index (χ4v) is 3.33. The third-order valence-corrected chi connectivity index (χ3v) is 4.96. The number of pyridine rings is 1. The van der Waals surface area contributed by atoms with Crippen LogP contribution >= 0.6 is 24.0 Å². The Hall–Kier alpha value is -2.94. The van der Waals surface area contributed by atoms with Crippen molar-refractivity contribution in [1.82, 2.24) is 20.9 Å². The number of hydrogen-bond acceptors (Lipinski definition) is 3. The van der Waals surface area contributed by atoms with Crippen molar-refractivity contribution in [2.45, 2.75) is 12.3 Å². The summed E-state index contributed by atoms with van der Waals surface area (Å²) in [4.78, 5) is 20.4. The summed E-state index contributed by atoms with van der Waals surface area (Å²) < 4.78 is 0. The molecule has 1 amide bonds. The minimum atomic E-state index is -0.134. The van der Waals surface area contributed by atoms with E-state index in [4.69, 9.17) is 0 Å². The number of hydrogen-bond donors (Lipinski definition) is 3. The molecule has 1 atom stereocenters. The van der Waals surface area contributed by atoms with Gasteiger partial charge in [-0.2, -0.15) is 0 Å². The molecule has 7 heteroatoms. The monoisotopic (exact) mass is 543 g/mol. The summed E-state index contributed by atoms with van der Waals surface area (Å²) in [5.41, 5.74) is 3.15. The van der Waals surface area contributed by atoms with E-state index in [1.165, 1.54) is 11.1 Å². The molecule has 1 unspecified atom stereocenters. The number of nitrogens with zero attached hydrogens (tertiary/aromatic N) is 2. The van der Waals surface area contributed by atoms with Gasteiger partial charge in [-0.05, 0) is 29.7 Å². The van der Waals surface area contributed by atoms with Crippen LogP contribution in [-0.4, -0.2) is 43.5 Å². The number of aliphatic imine (C=N–C) groups is 1. The van der Waals surface area contributed by atoms with Gasteiger partial charge in [0, 0.05) is 45.0 Å². The minimum Gasteiger partial charge on any atom is -0.356 e. The van der Waals surface area contributed by atoms with Gasteiger partial charge >= 0.3 is 0 Å². The SMILES string of the molecule is CN=C(NCCNC(=O)c1cccnc1)NCC(Cc1ccccc1)c1ccccc1.I. The summed E-state index contributed by atoms with van der Waals surface area (Å²) in [5, 5.41) is 9.56. The molecule has 2 aromatic carbocycles. The molecule has 3 rings (SSSR count). The lowest BCUT2D eigenvalue weighted by atomic mass is 9.92. The Labute approximate surface area is 207 Å². The first-order valence-electron chi connectivity index (χ1n) is 10.5. The van der Waals surface area contributed by atoms with E-state index in [1.807, 2.05) is 12.1 Å². The second-order valence-corrected chi connectivity index (χ2v) is 7.17. The zero-order valence-corrected chi connectivity index (χ0v) is 20.5. The van der Waals surface area contributed by atoms with Crippen LogP contribution in [0.2, 0.25) is 0 Å². The summed E-state index contributed by atoms with van der Waals surface area (Å²) in [7, 11) is 1.75. The molecule has 0 saturated heterocycles. The van der Waals surface area contributed by atoms with Crippen molar-refractivity contribution in [3.63, 3.8) is 0 Å². The predicted molar refractivity (Wildman–Crippen MR) is 141 cm³/mol. The Balaban J connectivity index is 0.00000363. The number of halogens is 1. The molecule has 0 aliphatic carbocycles. The highest BCUT2D eigenvalue weighted by atomic mass is 127. The van der Waals surface area contributed by atoms with Crippen molar-refractivity contribution < 1.29 is 4.79 Å². The maximum atomic E-state index is 12.1. The second kappa shape index (κ2) is 14.2. The van der Waals surface area contributed by atoms with Gasteiger partial charge in [-0.15, -0.1) is 24.0 Å². The van der Waals surface area contributed by atoms with Crippen LogP contribution in [0.25, 0.3) is 0 Å². The fraction of sp³-hybridized carbons (Fsp3) is 0.240. The quantitative estimate of drug-likeness (QED) is 0.167. The van der Waals surface area contributed by atoms with Gasteiger partial charge in [0.05, 0.1) is 5.56 Å². The van der Waals surface area contributed by atoms with Crippen LogP contribution in [0.15, 0.2) is 90.2 Å². The zero-order chi connectivity index (χ0) is 21.7. The number of benzene rings is 2. The van der Waals surface area contributed by atoms with Gasteiger partial charge in [-0.1, -0.05) is 60.7 Å². The smallest absolute Gasteiger partial charge is 0.252 e. The van der Waals surface area contributed by atoms with E-state index in [-0.39, 0.29) is 29.9 Å². The molecule has 3 N–H and O–H groups in total. The largest absolute Gasteiger partial charge is 0.356 e. The van der Waals surface area contributed by atoms with Gasteiger partial charge in [0.15, 0.2) is 5.96 Å². The van der Waals surface area contributed by atoms with E-state index in [1.54, 1.807) is 31.6 Å². The number of nitrogens with one attached hydrogen (secondary N) is 3. The Kier molecular flexibility index (Phi) is 11.2. The van der Waals surface area contributed by atoms with Gasteiger partial charge in [-0.3, -0.25) is 14.8 Å². The van der Waals surface area contributed by atoms with Gasteiger partial charge in [-0.25, -0.2) is 0 Å². The van der Waals surface area contributed by atoms with E-state index < -0.39 is 0 Å².